The van der Waals surface area contributed by atoms with Crippen molar-refractivity contribution >= 4 is 35.0 Å². The Kier molecular flexibility index (Phi) is 4.66. The van der Waals surface area contributed by atoms with Crippen LogP contribution in [0.25, 0.3) is 0 Å². The second kappa shape index (κ2) is 6.29. The highest BCUT2D eigenvalue weighted by atomic mass is 35.5. The number of rotatable bonds is 3. The van der Waals surface area contributed by atoms with Gasteiger partial charge >= 0.3 is 5.97 Å². The van der Waals surface area contributed by atoms with Crippen LogP contribution in [0.3, 0.4) is 0 Å². The number of carbonyl (C=O) groups excluding carboxylic acids is 2. The standard InChI is InChI=1S/C16H12Cl2O3/c1-9-3-5-12(10(2)19)15(7-9)21-16(20)13-6-4-11(17)8-14(13)18/h3-8H,1-2H3. The van der Waals surface area contributed by atoms with Crippen LogP contribution in [0, 0.1) is 6.92 Å². The highest BCUT2D eigenvalue weighted by molar-refractivity contribution is 6.36. The number of Topliss-reactive ketones (excluding diaryl/α,β-unsaturated/α-hetero) is 1. The molecule has 0 radical (unpaired) electrons. The summed E-state index contributed by atoms with van der Waals surface area (Å²) in [5, 5.41) is 0.626. The van der Waals surface area contributed by atoms with E-state index in [-0.39, 0.29) is 22.1 Å². The SMILES string of the molecule is CC(=O)c1ccc(C)cc1OC(=O)c1ccc(Cl)cc1Cl. The minimum Gasteiger partial charge on any atom is -0.422 e. The molecule has 0 heterocycles. The van der Waals surface area contributed by atoms with Gasteiger partial charge in [0.15, 0.2) is 5.78 Å². The van der Waals surface area contributed by atoms with Crippen LogP contribution < -0.4 is 4.74 Å². The van der Waals surface area contributed by atoms with Crippen molar-refractivity contribution in [3.63, 3.8) is 0 Å². The molecule has 0 spiro atoms. The Hall–Kier alpha value is -1.84. The zero-order valence-corrected chi connectivity index (χ0v) is 13.0. The third-order valence-electron chi connectivity index (χ3n) is 2.87. The normalized spacial score (nSPS) is 10.3. The number of ether oxygens (including phenoxy) is 1. The summed E-state index contributed by atoms with van der Waals surface area (Å²) in [4.78, 5) is 23.7. The largest absolute Gasteiger partial charge is 0.422 e. The molecule has 2 rings (SSSR count). The third kappa shape index (κ3) is 3.63. The summed E-state index contributed by atoms with van der Waals surface area (Å²) >= 11 is 11.8. The van der Waals surface area contributed by atoms with Crippen LogP contribution in [0.2, 0.25) is 10.0 Å². The molecule has 0 atom stereocenters. The number of aryl methyl sites for hydroxylation is 1. The molecule has 0 aliphatic carbocycles. The van der Waals surface area contributed by atoms with Gasteiger partial charge in [-0.25, -0.2) is 4.79 Å². The summed E-state index contributed by atoms with van der Waals surface area (Å²) in [6.07, 6.45) is 0. The summed E-state index contributed by atoms with van der Waals surface area (Å²) in [6.45, 7) is 3.26. The van der Waals surface area contributed by atoms with E-state index >= 15 is 0 Å². The van der Waals surface area contributed by atoms with Crippen LogP contribution in [-0.2, 0) is 0 Å². The van der Waals surface area contributed by atoms with Gasteiger partial charge in [-0.1, -0.05) is 29.3 Å². The van der Waals surface area contributed by atoms with Gasteiger partial charge in [0.2, 0.25) is 0 Å². The maximum absolute atomic E-state index is 12.2. The predicted molar refractivity (Wildman–Crippen MR) is 82.6 cm³/mol. The maximum atomic E-state index is 12.2. The van der Waals surface area contributed by atoms with Crippen LogP contribution in [0.1, 0.15) is 33.2 Å². The lowest BCUT2D eigenvalue weighted by Gasteiger charge is -2.10. The molecule has 0 aromatic heterocycles. The number of halogens is 2. The van der Waals surface area contributed by atoms with Crippen molar-refractivity contribution < 1.29 is 14.3 Å². The average molecular weight is 323 g/mol. The van der Waals surface area contributed by atoms with Crippen LogP contribution in [0.5, 0.6) is 5.75 Å². The summed E-state index contributed by atoms with van der Waals surface area (Å²) in [5.74, 6) is -0.594. The van der Waals surface area contributed by atoms with Gasteiger partial charge < -0.3 is 4.74 Å². The molecule has 0 bridgehead atoms. The van der Waals surface area contributed by atoms with Crippen molar-refractivity contribution in [2.75, 3.05) is 0 Å². The Morgan fingerprint density at radius 3 is 2.29 bits per heavy atom. The van der Waals surface area contributed by atoms with E-state index < -0.39 is 5.97 Å². The molecule has 5 heteroatoms. The average Bonchev–Trinajstić information content (AvgIpc) is 2.37. The molecule has 21 heavy (non-hydrogen) atoms. The fourth-order valence-electron chi connectivity index (χ4n) is 1.81. The molecular weight excluding hydrogens is 311 g/mol. The Morgan fingerprint density at radius 1 is 1.00 bits per heavy atom. The highest BCUT2D eigenvalue weighted by Crippen LogP contribution is 2.25. The first-order valence-electron chi connectivity index (χ1n) is 6.17. The van der Waals surface area contributed by atoms with Gasteiger partial charge in [-0.15, -0.1) is 0 Å². The summed E-state index contributed by atoms with van der Waals surface area (Å²) in [7, 11) is 0. The second-order valence-corrected chi connectivity index (χ2v) is 5.41. The summed E-state index contributed by atoms with van der Waals surface area (Å²) < 4.78 is 5.31. The van der Waals surface area contributed by atoms with E-state index in [0.717, 1.165) is 5.56 Å². The Bertz CT molecular complexity index is 723. The monoisotopic (exact) mass is 322 g/mol. The van der Waals surface area contributed by atoms with Gasteiger partial charge in [0, 0.05) is 5.02 Å². The fourth-order valence-corrected chi connectivity index (χ4v) is 2.30. The van der Waals surface area contributed by atoms with E-state index in [1.165, 1.54) is 19.1 Å². The fraction of sp³-hybridized carbons (Fsp3) is 0.125. The van der Waals surface area contributed by atoms with Gasteiger partial charge in [-0.2, -0.15) is 0 Å². The van der Waals surface area contributed by atoms with Gasteiger partial charge in [0.25, 0.3) is 0 Å². The second-order valence-electron chi connectivity index (χ2n) is 4.57. The van der Waals surface area contributed by atoms with Crippen molar-refractivity contribution in [2.45, 2.75) is 13.8 Å². The Morgan fingerprint density at radius 2 is 1.67 bits per heavy atom. The van der Waals surface area contributed by atoms with E-state index in [4.69, 9.17) is 27.9 Å². The molecule has 3 nitrogen and oxygen atoms in total. The number of esters is 1. The summed E-state index contributed by atoms with van der Waals surface area (Å²) in [5.41, 5.74) is 1.42. The minimum atomic E-state index is -0.634. The lowest BCUT2D eigenvalue weighted by Crippen LogP contribution is -2.11. The van der Waals surface area contributed by atoms with E-state index in [1.807, 2.05) is 6.92 Å². The molecule has 0 aliphatic heterocycles. The lowest BCUT2D eigenvalue weighted by atomic mass is 10.1. The molecular formula is C16H12Cl2O3. The zero-order valence-electron chi connectivity index (χ0n) is 11.4. The van der Waals surface area contributed by atoms with Crippen LogP contribution in [-0.4, -0.2) is 11.8 Å². The summed E-state index contributed by atoms with van der Waals surface area (Å²) in [6, 6.07) is 9.54. The van der Waals surface area contributed by atoms with Crippen molar-refractivity contribution in [1.29, 1.82) is 0 Å². The van der Waals surface area contributed by atoms with Crippen molar-refractivity contribution in [3.8, 4) is 5.75 Å². The highest BCUT2D eigenvalue weighted by Gasteiger charge is 2.17. The molecule has 0 N–H and O–H groups in total. The van der Waals surface area contributed by atoms with Crippen molar-refractivity contribution in [1.82, 2.24) is 0 Å². The Labute approximate surface area is 132 Å². The third-order valence-corrected chi connectivity index (χ3v) is 3.42. The predicted octanol–water partition coefficient (Wildman–Crippen LogP) is 4.72. The van der Waals surface area contributed by atoms with Gasteiger partial charge in [-0.05, 0) is 49.7 Å². The van der Waals surface area contributed by atoms with Gasteiger partial charge in [-0.3, -0.25) is 4.79 Å². The van der Waals surface area contributed by atoms with E-state index in [2.05, 4.69) is 0 Å². The molecule has 0 unspecified atom stereocenters. The molecule has 108 valence electrons. The maximum Gasteiger partial charge on any atom is 0.345 e. The van der Waals surface area contributed by atoms with E-state index in [9.17, 15) is 9.59 Å². The molecule has 0 aliphatic rings. The zero-order chi connectivity index (χ0) is 15.6. The number of hydrogen-bond donors (Lipinski definition) is 0. The first-order valence-corrected chi connectivity index (χ1v) is 6.93. The quantitative estimate of drug-likeness (QED) is 0.466. The van der Waals surface area contributed by atoms with Crippen molar-refractivity contribution in [2.24, 2.45) is 0 Å². The Balaban J connectivity index is 2.35. The molecule has 0 amide bonds. The smallest absolute Gasteiger partial charge is 0.345 e. The van der Waals surface area contributed by atoms with E-state index in [1.54, 1.807) is 24.3 Å². The molecule has 0 saturated carbocycles. The molecule has 2 aromatic rings. The van der Waals surface area contributed by atoms with Crippen LogP contribution in [0.4, 0.5) is 0 Å². The number of ketones is 1. The molecule has 2 aromatic carbocycles. The van der Waals surface area contributed by atoms with Gasteiger partial charge in [0.1, 0.15) is 5.75 Å². The minimum absolute atomic E-state index is 0.181. The van der Waals surface area contributed by atoms with E-state index in [0.29, 0.717) is 10.6 Å². The van der Waals surface area contributed by atoms with Crippen molar-refractivity contribution in [3.05, 3.63) is 63.1 Å². The molecule has 0 saturated heterocycles. The first kappa shape index (κ1) is 15.5. The number of carbonyl (C=O) groups is 2. The van der Waals surface area contributed by atoms with Crippen LogP contribution >= 0.6 is 23.2 Å². The number of hydrogen-bond acceptors (Lipinski definition) is 3. The number of benzene rings is 2. The van der Waals surface area contributed by atoms with Gasteiger partial charge in [0.05, 0.1) is 16.1 Å². The lowest BCUT2D eigenvalue weighted by molar-refractivity contribution is 0.0733. The molecule has 0 fully saturated rings. The first-order chi connectivity index (χ1) is 9.88. The topological polar surface area (TPSA) is 43.4 Å². The van der Waals surface area contributed by atoms with Crippen LogP contribution in [0.15, 0.2) is 36.4 Å².